The van der Waals surface area contributed by atoms with Crippen LogP contribution >= 0.6 is 23.2 Å². The van der Waals surface area contributed by atoms with E-state index in [-0.39, 0.29) is 18.2 Å². The van der Waals surface area contributed by atoms with Crippen molar-refractivity contribution in [1.29, 1.82) is 0 Å². The molecule has 2 aliphatic rings. The van der Waals surface area contributed by atoms with Crippen LogP contribution in [0.25, 0.3) is 6.08 Å². The lowest BCUT2D eigenvalue weighted by Gasteiger charge is -2.30. The lowest BCUT2D eigenvalue weighted by molar-refractivity contribution is -0.131. The van der Waals surface area contributed by atoms with Gasteiger partial charge in [-0.1, -0.05) is 35.7 Å². The molecule has 1 aromatic carbocycles. The first kappa shape index (κ1) is 23.1. The molecule has 0 aromatic heterocycles. The second kappa shape index (κ2) is 11.1. The lowest BCUT2D eigenvalue weighted by atomic mass is 10.1. The highest BCUT2D eigenvalue weighted by atomic mass is 35.5. The van der Waals surface area contributed by atoms with Crippen LogP contribution in [0.5, 0.6) is 0 Å². The Morgan fingerprint density at radius 1 is 1.03 bits per heavy atom. The summed E-state index contributed by atoms with van der Waals surface area (Å²) >= 11 is 11.9. The van der Waals surface area contributed by atoms with Gasteiger partial charge in [-0.3, -0.25) is 9.59 Å². The SMILES string of the molecule is O=C(/C=C/c1ccc(Cl)c(Cl)c1)N1CCC(=O)N(C[C@@H](O)CN2CCCCC2)CC1. The first-order valence-electron chi connectivity index (χ1n) is 10.5. The summed E-state index contributed by atoms with van der Waals surface area (Å²) in [4.78, 5) is 30.7. The highest BCUT2D eigenvalue weighted by Crippen LogP contribution is 2.23. The van der Waals surface area contributed by atoms with Gasteiger partial charge in [0.25, 0.3) is 0 Å². The molecule has 2 saturated heterocycles. The van der Waals surface area contributed by atoms with Gasteiger partial charge in [0.15, 0.2) is 0 Å². The predicted octanol–water partition coefficient (Wildman–Crippen LogP) is 2.91. The van der Waals surface area contributed by atoms with E-state index in [9.17, 15) is 14.7 Å². The number of aliphatic hydroxyl groups excluding tert-OH is 1. The number of rotatable bonds is 6. The summed E-state index contributed by atoms with van der Waals surface area (Å²) in [5.41, 5.74) is 0.783. The fourth-order valence-electron chi connectivity index (χ4n) is 3.92. The van der Waals surface area contributed by atoms with Crippen molar-refractivity contribution in [3.05, 3.63) is 39.9 Å². The van der Waals surface area contributed by atoms with E-state index in [4.69, 9.17) is 23.2 Å². The van der Waals surface area contributed by atoms with Crippen molar-refractivity contribution in [2.45, 2.75) is 31.8 Å². The third-order valence-electron chi connectivity index (χ3n) is 5.61. The number of hydrogen-bond acceptors (Lipinski definition) is 4. The van der Waals surface area contributed by atoms with Crippen LogP contribution < -0.4 is 0 Å². The number of piperidine rings is 1. The molecule has 0 bridgehead atoms. The minimum absolute atomic E-state index is 0.0172. The molecular formula is C22H29Cl2N3O3. The van der Waals surface area contributed by atoms with Gasteiger partial charge in [-0.2, -0.15) is 0 Å². The second-order valence-electron chi connectivity index (χ2n) is 7.94. The van der Waals surface area contributed by atoms with E-state index in [0.717, 1.165) is 18.7 Å². The van der Waals surface area contributed by atoms with Gasteiger partial charge >= 0.3 is 0 Å². The highest BCUT2D eigenvalue weighted by molar-refractivity contribution is 6.42. The molecule has 164 valence electrons. The number of hydrogen-bond donors (Lipinski definition) is 1. The molecule has 0 saturated carbocycles. The quantitative estimate of drug-likeness (QED) is 0.672. The molecule has 0 spiro atoms. The van der Waals surface area contributed by atoms with E-state index in [2.05, 4.69) is 4.90 Å². The monoisotopic (exact) mass is 453 g/mol. The molecule has 3 rings (SSSR count). The lowest BCUT2D eigenvalue weighted by Crippen LogP contribution is -2.44. The van der Waals surface area contributed by atoms with Crippen LogP contribution in [-0.4, -0.2) is 83.5 Å². The molecule has 2 amide bonds. The van der Waals surface area contributed by atoms with Crippen LogP contribution in [0.4, 0.5) is 0 Å². The van der Waals surface area contributed by atoms with Crippen LogP contribution in [-0.2, 0) is 9.59 Å². The van der Waals surface area contributed by atoms with E-state index in [0.29, 0.717) is 42.8 Å². The topological polar surface area (TPSA) is 64.1 Å². The molecule has 0 radical (unpaired) electrons. The molecule has 2 aliphatic heterocycles. The van der Waals surface area contributed by atoms with Gasteiger partial charge in [0.2, 0.25) is 11.8 Å². The number of β-amino-alcohol motifs (C(OH)–C–C–N with tert-alkyl or cyclic N) is 1. The Hall–Kier alpha value is -1.60. The van der Waals surface area contributed by atoms with Crippen LogP contribution in [0.15, 0.2) is 24.3 Å². The van der Waals surface area contributed by atoms with Gasteiger partial charge in [-0.25, -0.2) is 0 Å². The summed E-state index contributed by atoms with van der Waals surface area (Å²) in [6.45, 7) is 4.20. The third kappa shape index (κ3) is 6.71. The van der Waals surface area contributed by atoms with E-state index >= 15 is 0 Å². The largest absolute Gasteiger partial charge is 0.390 e. The smallest absolute Gasteiger partial charge is 0.246 e. The predicted molar refractivity (Wildman–Crippen MR) is 120 cm³/mol. The van der Waals surface area contributed by atoms with Gasteiger partial charge in [0.05, 0.1) is 16.1 Å². The Morgan fingerprint density at radius 3 is 2.53 bits per heavy atom. The van der Waals surface area contributed by atoms with Crippen molar-refractivity contribution in [3.63, 3.8) is 0 Å². The normalized spacial score (nSPS) is 19.9. The van der Waals surface area contributed by atoms with E-state index in [1.54, 1.807) is 34.1 Å². The number of nitrogens with zero attached hydrogens (tertiary/aromatic N) is 3. The molecule has 6 nitrogen and oxygen atoms in total. The Morgan fingerprint density at radius 2 is 1.80 bits per heavy atom. The maximum Gasteiger partial charge on any atom is 0.246 e. The number of amides is 2. The van der Waals surface area contributed by atoms with Crippen molar-refractivity contribution in [3.8, 4) is 0 Å². The molecule has 0 unspecified atom stereocenters. The molecule has 2 fully saturated rings. The Bertz CT molecular complexity index is 781. The number of aliphatic hydroxyl groups is 1. The molecule has 1 aromatic rings. The number of benzene rings is 1. The molecule has 0 aliphatic carbocycles. The van der Waals surface area contributed by atoms with Gasteiger partial charge in [0, 0.05) is 45.2 Å². The van der Waals surface area contributed by atoms with Crippen molar-refractivity contribution in [1.82, 2.24) is 14.7 Å². The first-order chi connectivity index (χ1) is 14.4. The second-order valence-corrected chi connectivity index (χ2v) is 8.75. The number of likely N-dealkylation sites (tertiary alicyclic amines) is 1. The van der Waals surface area contributed by atoms with Crippen LogP contribution in [0.3, 0.4) is 0 Å². The molecule has 8 heteroatoms. The zero-order valence-electron chi connectivity index (χ0n) is 17.1. The molecule has 1 atom stereocenters. The van der Waals surface area contributed by atoms with E-state index in [1.807, 2.05) is 0 Å². The van der Waals surface area contributed by atoms with Gasteiger partial charge in [-0.05, 0) is 49.7 Å². The van der Waals surface area contributed by atoms with Crippen molar-refractivity contribution < 1.29 is 14.7 Å². The number of carbonyl (C=O) groups excluding carboxylic acids is 2. The average molecular weight is 454 g/mol. The number of halogens is 2. The third-order valence-corrected chi connectivity index (χ3v) is 6.35. The number of carbonyl (C=O) groups is 2. The first-order valence-corrected chi connectivity index (χ1v) is 11.3. The fraction of sp³-hybridized carbons (Fsp3) is 0.545. The summed E-state index contributed by atoms with van der Waals surface area (Å²) in [6, 6.07) is 5.17. The average Bonchev–Trinajstić information content (AvgIpc) is 2.91. The standard InChI is InChI=1S/C22H29Cl2N3O3/c23-19-6-4-17(14-20(19)24)5-7-21(29)26-11-8-22(30)27(13-12-26)16-18(28)15-25-9-2-1-3-10-25/h4-7,14,18,28H,1-3,8-13,15-16H2/b7-5+/t18-/m0/s1. The fourth-order valence-corrected chi connectivity index (χ4v) is 4.23. The van der Waals surface area contributed by atoms with Gasteiger partial charge in [-0.15, -0.1) is 0 Å². The zero-order valence-corrected chi connectivity index (χ0v) is 18.6. The van der Waals surface area contributed by atoms with Crippen molar-refractivity contribution >= 4 is 41.1 Å². The summed E-state index contributed by atoms with van der Waals surface area (Å²) in [7, 11) is 0. The summed E-state index contributed by atoms with van der Waals surface area (Å²) in [5, 5.41) is 11.3. The maximum atomic E-state index is 12.6. The Kier molecular flexibility index (Phi) is 8.57. The Balaban J connectivity index is 1.50. The minimum atomic E-state index is -0.566. The minimum Gasteiger partial charge on any atom is -0.390 e. The molecule has 30 heavy (non-hydrogen) atoms. The summed E-state index contributed by atoms with van der Waals surface area (Å²) < 4.78 is 0. The highest BCUT2D eigenvalue weighted by Gasteiger charge is 2.25. The maximum absolute atomic E-state index is 12.6. The van der Waals surface area contributed by atoms with E-state index < -0.39 is 6.10 Å². The van der Waals surface area contributed by atoms with Crippen LogP contribution in [0.2, 0.25) is 10.0 Å². The van der Waals surface area contributed by atoms with Crippen LogP contribution in [0.1, 0.15) is 31.2 Å². The summed E-state index contributed by atoms with van der Waals surface area (Å²) in [5.74, 6) is -0.166. The molecular weight excluding hydrogens is 425 g/mol. The van der Waals surface area contributed by atoms with Crippen LogP contribution in [0, 0.1) is 0 Å². The van der Waals surface area contributed by atoms with Gasteiger partial charge < -0.3 is 19.8 Å². The molecule has 1 N–H and O–H groups in total. The zero-order chi connectivity index (χ0) is 21.5. The van der Waals surface area contributed by atoms with Crippen molar-refractivity contribution in [2.75, 3.05) is 45.8 Å². The summed E-state index contributed by atoms with van der Waals surface area (Å²) in [6.07, 6.45) is 6.47. The van der Waals surface area contributed by atoms with E-state index in [1.165, 1.54) is 25.3 Å². The molecule has 2 heterocycles. The van der Waals surface area contributed by atoms with Crippen molar-refractivity contribution in [2.24, 2.45) is 0 Å². The Labute approximate surface area is 188 Å². The van der Waals surface area contributed by atoms with Gasteiger partial charge in [0.1, 0.15) is 0 Å².